The van der Waals surface area contributed by atoms with Crippen LogP contribution in [0.3, 0.4) is 0 Å². The first-order valence-corrected chi connectivity index (χ1v) is 31.8. The molecule has 21 saturated heterocycles. The smallest absolute Gasteiger partial charge is 0.161 e. The summed E-state index contributed by atoms with van der Waals surface area (Å²) < 4.78 is 99.4. The van der Waals surface area contributed by atoms with Gasteiger partial charge in [-0.05, 0) is 86.4 Å². The predicted octanol–water partition coefficient (Wildman–Crippen LogP) is 12.5. The monoisotopic (exact) mass is 1090 g/mol. The minimum absolute atomic E-state index is 0.0573. The Bertz CT molecular complexity index is 1440. The van der Waals surface area contributed by atoms with Gasteiger partial charge in [0.05, 0.1) is 85.5 Å². The van der Waals surface area contributed by atoms with E-state index in [9.17, 15) is 0 Å². The number of hydrogen-bond donors (Lipinski definition) is 0. The second-order valence-corrected chi connectivity index (χ2v) is 26.4. The Morgan fingerprint density at radius 1 is 0.156 bits per heavy atom. The van der Waals surface area contributed by atoms with Crippen LogP contribution >= 0.6 is 0 Å². The molecule has 0 amide bonds. The second kappa shape index (κ2) is 26.6. The lowest BCUT2D eigenvalue weighted by Crippen LogP contribution is -2.60. The molecule has 0 aliphatic carbocycles. The maximum atomic E-state index is 7.19. The summed E-state index contributed by atoms with van der Waals surface area (Å²) in [5.74, 6) is 1.39. The Labute approximate surface area is 467 Å². The number of ether oxygens (including phenoxy) is 14. The number of rotatable bonds is 7. The lowest BCUT2D eigenvalue weighted by atomic mass is 9.80. The molecule has 14 bridgehead atoms. The van der Waals surface area contributed by atoms with Gasteiger partial charge in [0.25, 0.3) is 0 Å². The summed E-state index contributed by atoms with van der Waals surface area (Å²) in [6, 6.07) is 0. The van der Waals surface area contributed by atoms with Crippen LogP contribution in [-0.4, -0.2) is 129 Å². The first-order chi connectivity index (χ1) is 36.7. The highest BCUT2D eigenvalue weighted by Gasteiger charge is 2.56. The van der Waals surface area contributed by atoms with Gasteiger partial charge < -0.3 is 66.3 Å². The molecule has 0 aromatic heterocycles. The molecular formula is C63H112O14. The van der Waals surface area contributed by atoms with Crippen molar-refractivity contribution < 1.29 is 66.3 Å². The van der Waals surface area contributed by atoms with Crippen molar-refractivity contribution >= 4 is 0 Å². The van der Waals surface area contributed by atoms with Crippen LogP contribution < -0.4 is 0 Å². The van der Waals surface area contributed by atoms with Gasteiger partial charge in [-0.15, -0.1) is 0 Å². The van der Waals surface area contributed by atoms with Gasteiger partial charge in [-0.1, -0.05) is 145 Å². The third-order valence-electron chi connectivity index (χ3n) is 22.0. The fraction of sp³-hybridized carbons (Fsp3) is 1.00. The van der Waals surface area contributed by atoms with Gasteiger partial charge in [0, 0.05) is 41.4 Å². The molecule has 0 aromatic carbocycles. The van der Waals surface area contributed by atoms with Crippen LogP contribution in [0.1, 0.15) is 190 Å². The molecule has 14 heteroatoms. The fourth-order valence-electron chi connectivity index (χ4n) is 14.8. The Balaban J connectivity index is 1.08. The fourth-order valence-corrected chi connectivity index (χ4v) is 14.8. The molecule has 0 N–H and O–H groups in total. The molecule has 21 fully saturated rings. The quantitative estimate of drug-likeness (QED) is 0.240. The lowest BCUT2D eigenvalue weighted by molar-refractivity contribution is -0.368. The van der Waals surface area contributed by atoms with Crippen molar-refractivity contribution in [1.29, 1.82) is 0 Å². The summed E-state index contributed by atoms with van der Waals surface area (Å²) in [5.41, 5.74) is 0. The minimum atomic E-state index is -0.415. The van der Waals surface area contributed by atoms with Gasteiger partial charge in [0.1, 0.15) is 0 Å². The Morgan fingerprint density at radius 3 is 0.351 bits per heavy atom. The largest absolute Gasteiger partial charge is 0.346 e. The molecule has 0 saturated carbocycles. The molecule has 0 spiro atoms. The summed E-state index contributed by atoms with van der Waals surface area (Å²) in [4.78, 5) is 0. The molecule has 21 rings (SSSR count). The van der Waals surface area contributed by atoms with Crippen molar-refractivity contribution in [2.24, 2.45) is 82.9 Å². The molecule has 35 atom stereocenters. The van der Waals surface area contributed by atoms with Crippen LogP contribution in [0.15, 0.2) is 0 Å². The Morgan fingerprint density at radius 2 is 0.260 bits per heavy atom. The van der Waals surface area contributed by atoms with Gasteiger partial charge in [-0.25, -0.2) is 0 Å². The summed E-state index contributed by atoms with van der Waals surface area (Å²) >= 11 is 0. The SMILES string of the molecule is CCC1O[C@@H]2O[C@@H]3C(CC)O[C@H](O[C@@H]4C(CC)O[C@H](O[C@@H]5[C@H](CC)O[C@H](O[C@@H]6C(CC)O[C@H](O[C@@H]7C(CC)O[C@H](O[C@@H]8C(CC)O[C@H](O[C@H]1C(C)C2C)C(C)[C@H]8C)C(C)[C@H]7C)C(C)[C@H]6C)C(C)[C@H]5C)C(C)[C@H]4C)C(C)[C@H]3C. The molecule has 14 unspecified atom stereocenters. The van der Waals surface area contributed by atoms with Crippen molar-refractivity contribution in [3.05, 3.63) is 0 Å². The summed E-state index contributed by atoms with van der Waals surface area (Å²) in [6.07, 6.45) is 0.183. The van der Waals surface area contributed by atoms with Crippen molar-refractivity contribution in [3.63, 3.8) is 0 Å². The molecule has 448 valence electrons. The van der Waals surface area contributed by atoms with E-state index in [1.807, 2.05) is 0 Å². The van der Waals surface area contributed by atoms with Crippen LogP contribution in [0.5, 0.6) is 0 Å². The van der Waals surface area contributed by atoms with Crippen LogP contribution in [0, 0.1) is 82.9 Å². The predicted molar refractivity (Wildman–Crippen MR) is 295 cm³/mol. The zero-order valence-corrected chi connectivity index (χ0v) is 51.9. The third-order valence-corrected chi connectivity index (χ3v) is 22.0. The standard InChI is InChI=1S/C63H112O14/c1-22-43-50-29(8)36(15)57(64-43)72-51-31(10)38(17)59(66-44(51)23-2)74-53-33(12)40(19)61(68-46(53)25-4)76-55-35(14)42(21)63(70-48(55)27-6)77-56-34(13)41(20)62(69-49(56)28-7)75-54-32(11)39(18)60(67-47(54)26-5)73-52-30(9)37(16)58(71-50)65-45(52)24-3/h29-63H,22-28H2,1-21H3/t29-,30-,31-,32-,33-,34-,35?,36?,37?,38?,39?,40?,41?,42?,43?,44?,45+,46?,47?,48?,49?,50+,51+,52+,53+,54+,55+,56+,57-,58-,59-,60-,61-,62-,63-/m1/s1. The van der Waals surface area contributed by atoms with E-state index in [-0.39, 0.29) is 168 Å². The topological polar surface area (TPSA) is 129 Å². The Hall–Kier alpha value is -0.560. The molecule has 14 nitrogen and oxygen atoms in total. The first kappa shape index (κ1) is 62.5. The van der Waals surface area contributed by atoms with E-state index in [0.29, 0.717) is 0 Å². The molecule has 0 aromatic rings. The van der Waals surface area contributed by atoms with E-state index in [0.717, 1.165) is 44.9 Å². The Kier molecular flexibility index (Phi) is 21.6. The highest BCUT2D eigenvalue weighted by Crippen LogP contribution is 2.48. The van der Waals surface area contributed by atoms with Crippen molar-refractivity contribution in [3.8, 4) is 0 Å². The molecule has 21 aliphatic rings. The van der Waals surface area contributed by atoms with Crippen LogP contribution in [0.2, 0.25) is 0 Å². The van der Waals surface area contributed by atoms with Crippen LogP contribution in [0.4, 0.5) is 0 Å². The first-order valence-electron chi connectivity index (χ1n) is 31.8. The highest BCUT2D eigenvalue weighted by atomic mass is 16.8. The summed E-state index contributed by atoms with van der Waals surface area (Å²) in [6.45, 7) is 47.2. The van der Waals surface area contributed by atoms with Crippen LogP contribution in [0.25, 0.3) is 0 Å². The molecule has 21 aliphatic heterocycles. The van der Waals surface area contributed by atoms with E-state index in [4.69, 9.17) is 66.3 Å². The van der Waals surface area contributed by atoms with E-state index in [1.54, 1.807) is 0 Å². The van der Waals surface area contributed by atoms with E-state index >= 15 is 0 Å². The average molecular weight is 1090 g/mol. The van der Waals surface area contributed by atoms with Gasteiger partial charge in [-0.2, -0.15) is 0 Å². The molecule has 77 heavy (non-hydrogen) atoms. The van der Waals surface area contributed by atoms with E-state index < -0.39 is 44.0 Å². The van der Waals surface area contributed by atoms with Crippen LogP contribution in [-0.2, 0) is 66.3 Å². The maximum absolute atomic E-state index is 7.19. The third kappa shape index (κ3) is 12.4. The van der Waals surface area contributed by atoms with Crippen molar-refractivity contribution in [1.82, 2.24) is 0 Å². The van der Waals surface area contributed by atoms with Gasteiger partial charge in [0.2, 0.25) is 0 Å². The van der Waals surface area contributed by atoms with E-state index in [2.05, 4.69) is 145 Å². The zero-order chi connectivity index (χ0) is 56.1. The highest BCUT2D eigenvalue weighted by molar-refractivity contribution is 4.97. The average Bonchev–Trinajstić information content (AvgIpc) is 3.47. The minimum Gasteiger partial charge on any atom is -0.346 e. The van der Waals surface area contributed by atoms with Crippen molar-refractivity contribution in [2.45, 2.75) is 320 Å². The van der Waals surface area contributed by atoms with Gasteiger partial charge in [0.15, 0.2) is 44.0 Å². The van der Waals surface area contributed by atoms with Gasteiger partial charge >= 0.3 is 0 Å². The normalized spacial score (nSPS) is 55.4. The maximum Gasteiger partial charge on any atom is 0.161 e. The van der Waals surface area contributed by atoms with E-state index in [1.165, 1.54) is 0 Å². The summed E-state index contributed by atoms with van der Waals surface area (Å²) in [7, 11) is 0. The molecular weight excluding hydrogens is 981 g/mol. The second-order valence-electron chi connectivity index (χ2n) is 26.4. The zero-order valence-electron chi connectivity index (χ0n) is 51.9. The number of hydrogen-bond acceptors (Lipinski definition) is 14. The summed E-state index contributed by atoms with van der Waals surface area (Å²) in [5, 5.41) is 0. The molecule has 21 heterocycles. The molecule has 0 radical (unpaired) electrons. The van der Waals surface area contributed by atoms with Gasteiger partial charge in [-0.3, -0.25) is 0 Å². The van der Waals surface area contributed by atoms with Crippen molar-refractivity contribution in [2.75, 3.05) is 0 Å². The lowest BCUT2D eigenvalue weighted by Gasteiger charge is -2.52.